The van der Waals surface area contributed by atoms with Crippen LogP contribution in [-0.2, 0) is 0 Å². The fourth-order valence-electron chi connectivity index (χ4n) is 3.52. The average molecular weight is 687 g/mol. The Bertz CT molecular complexity index is 1090. The molecular formula is C44H74N6. The molecule has 0 spiro atoms. The van der Waals surface area contributed by atoms with E-state index < -0.39 is 0 Å². The van der Waals surface area contributed by atoms with Gasteiger partial charge in [0.05, 0.1) is 0 Å². The van der Waals surface area contributed by atoms with Gasteiger partial charge in [0.1, 0.15) is 12.2 Å². The molecule has 4 heterocycles. The van der Waals surface area contributed by atoms with E-state index in [1.165, 1.54) is 11.1 Å². The van der Waals surface area contributed by atoms with Gasteiger partial charge in [-0.2, -0.15) is 0 Å². The molecule has 0 aliphatic carbocycles. The molecule has 0 aliphatic heterocycles. The molecule has 5 rings (SSSR count). The molecule has 6 heteroatoms. The van der Waals surface area contributed by atoms with Crippen LogP contribution in [0.5, 0.6) is 0 Å². The van der Waals surface area contributed by atoms with E-state index in [-0.39, 0.29) is 37.1 Å². The molecule has 5 aromatic rings. The summed E-state index contributed by atoms with van der Waals surface area (Å²) in [6, 6.07) is 24.3. The lowest BCUT2D eigenvalue weighted by atomic mass is 10.0. The van der Waals surface area contributed by atoms with Gasteiger partial charge >= 0.3 is 0 Å². The van der Waals surface area contributed by atoms with Gasteiger partial charge in [0.15, 0.2) is 0 Å². The molecule has 0 atom stereocenters. The highest BCUT2D eigenvalue weighted by molar-refractivity contribution is 5.17. The molecule has 4 aromatic heterocycles. The lowest BCUT2D eigenvalue weighted by molar-refractivity contribution is 0.774. The molecule has 0 unspecified atom stereocenters. The predicted octanol–water partition coefficient (Wildman–Crippen LogP) is 13.6. The van der Waals surface area contributed by atoms with E-state index >= 15 is 0 Å². The van der Waals surface area contributed by atoms with Crippen LogP contribution in [0.15, 0.2) is 116 Å². The maximum absolute atomic E-state index is 4.18. The highest BCUT2D eigenvalue weighted by Crippen LogP contribution is 2.12. The van der Waals surface area contributed by atoms with E-state index in [0.717, 1.165) is 17.2 Å². The SMILES string of the molecule is C.C.C.C.C.CC(C)c1ccccc1.CC(C)c1ccccn1.CC(C)c1cccnc1.CC(C)c1ccncn1.CC(C)c1ncccn1. The number of aromatic nitrogens is 6. The summed E-state index contributed by atoms with van der Waals surface area (Å²) in [4.78, 5) is 24.2. The predicted molar refractivity (Wildman–Crippen MR) is 223 cm³/mol. The van der Waals surface area contributed by atoms with Crippen LogP contribution in [-0.4, -0.2) is 29.9 Å². The summed E-state index contributed by atoms with van der Waals surface area (Å²) >= 11 is 0. The minimum absolute atomic E-state index is 0. The van der Waals surface area contributed by atoms with E-state index in [0.29, 0.717) is 29.6 Å². The first-order valence-electron chi connectivity index (χ1n) is 15.9. The van der Waals surface area contributed by atoms with Gasteiger partial charge < -0.3 is 0 Å². The summed E-state index contributed by atoms with van der Waals surface area (Å²) < 4.78 is 0. The van der Waals surface area contributed by atoms with Crippen molar-refractivity contribution in [1.82, 2.24) is 29.9 Å². The second kappa shape index (κ2) is 33.2. The summed E-state index contributed by atoms with van der Waals surface area (Å²) in [5.41, 5.74) is 4.98. The Morgan fingerprint density at radius 1 is 0.360 bits per heavy atom. The van der Waals surface area contributed by atoms with Gasteiger partial charge in [-0.1, -0.05) is 149 Å². The molecule has 0 saturated heterocycles. The Hall–Kier alpha value is -4.32. The van der Waals surface area contributed by atoms with Crippen molar-refractivity contribution in [2.45, 2.75) is 136 Å². The standard InChI is InChI=1S/C9H12.2C8H11N.2C7H10N2.5CH4/c1-8(2)9-6-4-3-5-7-9;1-7(2)8-4-3-5-9-6-8;1-7(2)8-5-3-4-6-9-8;1-6(2)7-3-4-8-5-9-7;1-6(2)7-8-4-3-5-9-7;;;;;/h3-8H,1-2H3;2*3-7H,1-2H3;2*3-6H,1-2H3;5*1H4. The van der Waals surface area contributed by atoms with Crippen LogP contribution >= 0.6 is 0 Å². The molecule has 0 bridgehead atoms. The van der Waals surface area contributed by atoms with Crippen molar-refractivity contribution in [3.63, 3.8) is 0 Å². The summed E-state index contributed by atoms with van der Waals surface area (Å²) in [5, 5.41) is 0. The molecule has 1 aromatic carbocycles. The van der Waals surface area contributed by atoms with Gasteiger partial charge in [-0.3, -0.25) is 9.97 Å². The first kappa shape index (κ1) is 55.1. The quantitative estimate of drug-likeness (QED) is 0.183. The number of benzene rings is 1. The van der Waals surface area contributed by atoms with Gasteiger partial charge in [-0.05, 0) is 65.1 Å². The van der Waals surface area contributed by atoms with Crippen molar-refractivity contribution in [3.8, 4) is 0 Å². The van der Waals surface area contributed by atoms with Crippen molar-refractivity contribution in [1.29, 1.82) is 0 Å². The molecule has 0 radical (unpaired) electrons. The first-order chi connectivity index (χ1) is 21.5. The Labute approximate surface area is 309 Å². The molecule has 50 heavy (non-hydrogen) atoms. The molecular weight excluding hydrogens is 613 g/mol. The maximum atomic E-state index is 4.18. The number of rotatable bonds is 5. The Morgan fingerprint density at radius 2 is 0.860 bits per heavy atom. The Kier molecular flexibility index (Phi) is 36.6. The minimum Gasteiger partial charge on any atom is -0.264 e. The third-order valence-electron chi connectivity index (χ3n) is 6.40. The largest absolute Gasteiger partial charge is 0.264 e. The number of hydrogen-bond acceptors (Lipinski definition) is 6. The van der Waals surface area contributed by atoms with Gasteiger partial charge in [-0.15, -0.1) is 0 Å². The van der Waals surface area contributed by atoms with Crippen molar-refractivity contribution < 1.29 is 0 Å². The van der Waals surface area contributed by atoms with E-state index in [1.807, 2.05) is 54.9 Å². The lowest BCUT2D eigenvalue weighted by Gasteiger charge is -2.01. The van der Waals surface area contributed by atoms with Crippen LogP contribution in [0.1, 0.15) is 164 Å². The topological polar surface area (TPSA) is 77.3 Å². The van der Waals surface area contributed by atoms with Crippen molar-refractivity contribution in [3.05, 3.63) is 145 Å². The van der Waals surface area contributed by atoms with Crippen LogP contribution < -0.4 is 0 Å². The zero-order valence-electron chi connectivity index (χ0n) is 29.0. The van der Waals surface area contributed by atoms with E-state index in [2.05, 4.69) is 129 Å². The molecule has 0 amide bonds. The lowest BCUT2D eigenvalue weighted by Crippen LogP contribution is -1.93. The number of hydrogen-bond donors (Lipinski definition) is 0. The molecule has 6 nitrogen and oxygen atoms in total. The van der Waals surface area contributed by atoms with Gasteiger partial charge in [0, 0.05) is 54.5 Å². The van der Waals surface area contributed by atoms with Crippen molar-refractivity contribution >= 4 is 0 Å². The van der Waals surface area contributed by atoms with Gasteiger partial charge in [-0.25, -0.2) is 19.9 Å². The summed E-state index contributed by atoms with van der Waals surface area (Å²) in [5.74, 6) is 3.66. The van der Waals surface area contributed by atoms with E-state index in [4.69, 9.17) is 0 Å². The van der Waals surface area contributed by atoms with Crippen LogP contribution in [0.2, 0.25) is 0 Å². The second-order valence-electron chi connectivity index (χ2n) is 12.0. The highest BCUT2D eigenvalue weighted by atomic mass is 14.9. The van der Waals surface area contributed by atoms with Gasteiger partial charge in [0.2, 0.25) is 0 Å². The van der Waals surface area contributed by atoms with E-state index in [9.17, 15) is 0 Å². The smallest absolute Gasteiger partial charge is 0.130 e. The monoisotopic (exact) mass is 687 g/mol. The van der Waals surface area contributed by atoms with Gasteiger partial charge in [0.25, 0.3) is 0 Å². The summed E-state index contributed by atoms with van der Waals surface area (Å²) in [7, 11) is 0. The summed E-state index contributed by atoms with van der Waals surface area (Å²) in [6.45, 7) is 21.4. The number of pyridine rings is 2. The first-order valence-corrected chi connectivity index (χ1v) is 15.9. The average Bonchev–Trinajstić information content (AvgIpc) is 3.08. The molecule has 0 fully saturated rings. The van der Waals surface area contributed by atoms with Crippen LogP contribution in [0.4, 0.5) is 0 Å². The maximum Gasteiger partial charge on any atom is 0.130 e. The van der Waals surface area contributed by atoms with E-state index in [1.54, 1.807) is 31.1 Å². The highest BCUT2D eigenvalue weighted by Gasteiger charge is 1.98. The number of nitrogens with zero attached hydrogens (tertiary/aromatic N) is 6. The van der Waals surface area contributed by atoms with Crippen LogP contribution in [0, 0.1) is 0 Å². The fraction of sp³-hybridized carbons (Fsp3) is 0.455. The molecule has 0 saturated carbocycles. The Morgan fingerprint density at radius 3 is 1.16 bits per heavy atom. The molecule has 280 valence electrons. The molecule has 0 aliphatic rings. The van der Waals surface area contributed by atoms with Crippen LogP contribution in [0.25, 0.3) is 0 Å². The molecule has 0 N–H and O–H groups in total. The van der Waals surface area contributed by atoms with Crippen LogP contribution in [0.3, 0.4) is 0 Å². The third kappa shape index (κ3) is 25.7. The zero-order valence-corrected chi connectivity index (χ0v) is 29.0. The summed E-state index contributed by atoms with van der Waals surface area (Å²) in [6.07, 6.45) is 12.4. The van der Waals surface area contributed by atoms with Crippen molar-refractivity contribution in [2.24, 2.45) is 0 Å². The fourth-order valence-corrected chi connectivity index (χ4v) is 3.52. The third-order valence-corrected chi connectivity index (χ3v) is 6.40. The second-order valence-corrected chi connectivity index (χ2v) is 12.0. The normalized spacial score (nSPS) is 9.10. The minimum atomic E-state index is 0. The Balaban J connectivity index is -0.000000165. The zero-order chi connectivity index (χ0) is 33.5. The van der Waals surface area contributed by atoms with Crippen molar-refractivity contribution in [2.75, 3.05) is 0 Å².